The summed E-state index contributed by atoms with van der Waals surface area (Å²) in [5.41, 5.74) is 3.57. The molecule has 0 radical (unpaired) electrons. The Balaban J connectivity index is 1.42. The number of halogens is 1. The van der Waals surface area contributed by atoms with Crippen molar-refractivity contribution in [2.45, 2.75) is 19.1 Å². The Bertz CT molecular complexity index is 1430. The second-order valence-electron chi connectivity index (χ2n) is 8.79. The zero-order valence-electron chi connectivity index (χ0n) is 19.4. The van der Waals surface area contributed by atoms with Crippen LogP contribution in [-0.4, -0.2) is 47.5 Å². The normalized spacial score (nSPS) is 16.5. The number of rotatable bonds is 6. The van der Waals surface area contributed by atoms with Crippen molar-refractivity contribution in [2.75, 3.05) is 20.2 Å². The Kier molecular flexibility index (Phi) is 6.44. The molecule has 0 aliphatic carbocycles. The third-order valence-electron chi connectivity index (χ3n) is 6.47. The number of aliphatic imine (C=N–C) groups is 1. The second kappa shape index (κ2) is 9.82. The highest BCUT2D eigenvalue weighted by Crippen LogP contribution is 2.28. The highest BCUT2D eigenvalue weighted by molar-refractivity contribution is 6.03. The fraction of sp³-hybridized carbons (Fsp3) is 0.214. The summed E-state index contributed by atoms with van der Waals surface area (Å²) in [4.78, 5) is 21.8. The molecule has 1 aromatic heterocycles. The van der Waals surface area contributed by atoms with Gasteiger partial charge in [-0.05, 0) is 59.5 Å². The van der Waals surface area contributed by atoms with Gasteiger partial charge in [0.05, 0.1) is 17.4 Å². The molecule has 0 amide bonds. The summed E-state index contributed by atoms with van der Waals surface area (Å²) in [6.07, 6.45) is 2.92. The first-order valence-corrected chi connectivity index (χ1v) is 11.5. The number of fused-ring (bicyclic) bond motifs is 1. The summed E-state index contributed by atoms with van der Waals surface area (Å²) < 4.78 is 18.8. The fourth-order valence-corrected chi connectivity index (χ4v) is 4.51. The molecule has 2 N–H and O–H groups in total. The number of hydrogen-bond acceptors (Lipinski definition) is 5. The molecule has 1 aliphatic heterocycles. The molecule has 0 unspecified atom stereocenters. The van der Waals surface area contributed by atoms with Gasteiger partial charge in [-0.3, -0.25) is 19.7 Å². The third kappa shape index (κ3) is 5.01. The van der Waals surface area contributed by atoms with E-state index in [0.29, 0.717) is 22.4 Å². The maximum atomic E-state index is 13.3. The quantitative estimate of drug-likeness (QED) is 0.388. The van der Waals surface area contributed by atoms with E-state index in [-0.39, 0.29) is 17.3 Å². The number of nitrogens with zero attached hydrogens (tertiary/aromatic N) is 2. The van der Waals surface area contributed by atoms with Gasteiger partial charge in [-0.25, -0.2) is 4.39 Å². The van der Waals surface area contributed by atoms with Crippen molar-refractivity contribution in [2.24, 2.45) is 4.99 Å². The molecule has 3 aromatic carbocycles. The van der Waals surface area contributed by atoms with Crippen LogP contribution in [0.4, 0.5) is 10.1 Å². The first-order chi connectivity index (χ1) is 17.0. The molecule has 1 atom stereocenters. The van der Waals surface area contributed by atoms with Gasteiger partial charge in [0, 0.05) is 43.7 Å². The second-order valence-corrected chi connectivity index (χ2v) is 8.79. The van der Waals surface area contributed by atoms with E-state index >= 15 is 0 Å². The largest absolute Gasteiger partial charge is 0.494 e. The minimum Gasteiger partial charge on any atom is -0.494 e. The van der Waals surface area contributed by atoms with Gasteiger partial charge < -0.3 is 9.84 Å². The third-order valence-corrected chi connectivity index (χ3v) is 6.47. The van der Waals surface area contributed by atoms with E-state index in [1.165, 1.54) is 17.7 Å². The van der Waals surface area contributed by atoms with Gasteiger partial charge in [0.15, 0.2) is 0 Å². The molecule has 2 heterocycles. The van der Waals surface area contributed by atoms with E-state index in [1.807, 2.05) is 30.3 Å². The number of aromatic nitrogens is 1. The van der Waals surface area contributed by atoms with Crippen molar-refractivity contribution in [3.63, 3.8) is 0 Å². The Morgan fingerprint density at radius 1 is 1.09 bits per heavy atom. The first kappa shape index (κ1) is 23.0. The highest BCUT2D eigenvalue weighted by Gasteiger charge is 2.21. The Morgan fingerprint density at radius 3 is 2.54 bits per heavy atom. The van der Waals surface area contributed by atoms with Gasteiger partial charge in [-0.1, -0.05) is 30.3 Å². The van der Waals surface area contributed by atoms with Gasteiger partial charge in [-0.2, -0.15) is 0 Å². The van der Waals surface area contributed by atoms with Crippen molar-refractivity contribution in [1.82, 2.24) is 9.88 Å². The molecular formula is C28H26FN3O3. The number of nitrogens with one attached hydrogen (secondary N) is 1. The highest BCUT2D eigenvalue weighted by atomic mass is 19.1. The Hall–Kier alpha value is -3.81. The maximum absolute atomic E-state index is 13.3. The number of pyridine rings is 1. The average molecular weight is 472 g/mol. The van der Waals surface area contributed by atoms with Crippen LogP contribution in [0.2, 0.25) is 0 Å². The zero-order valence-corrected chi connectivity index (χ0v) is 19.4. The van der Waals surface area contributed by atoms with Crippen LogP contribution in [0.5, 0.6) is 5.88 Å². The van der Waals surface area contributed by atoms with Gasteiger partial charge in [0.1, 0.15) is 5.82 Å². The summed E-state index contributed by atoms with van der Waals surface area (Å²) in [7, 11) is 1.76. The lowest BCUT2D eigenvalue weighted by Gasteiger charge is -2.15. The molecule has 4 aromatic rings. The van der Waals surface area contributed by atoms with Crippen LogP contribution in [-0.2, 0) is 11.3 Å². The molecular weight excluding hydrogens is 445 g/mol. The lowest BCUT2D eigenvalue weighted by molar-refractivity contribution is 0.107. The molecule has 6 nitrogen and oxygen atoms in total. The van der Waals surface area contributed by atoms with Crippen molar-refractivity contribution in [1.29, 1.82) is 0 Å². The topological polar surface area (TPSA) is 77.9 Å². The number of aromatic hydroxyl groups is 1. The van der Waals surface area contributed by atoms with Crippen molar-refractivity contribution < 1.29 is 14.2 Å². The molecule has 1 aliphatic rings. The monoisotopic (exact) mass is 471 g/mol. The molecule has 1 fully saturated rings. The molecule has 1 saturated heterocycles. The number of hydrogen-bond donors (Lipinski definition) is 2. The number of aromatic amines is 1. The lowest BCUT2D eigenvalue weighted by Crippen LogP contribution is -2.22. The van der Waals surface area contributed by atoms with E-state index in [1.54, 1.807) is 37.6 Å². The SMILES string of the molecule is CO[C@@H]1CCN(Cc2ccc(N=Cc3c(O)[nH]c(=O)c4ccc(-c5ccc(F)cc5)cc34)cc2)C1. The summed E-state index contributed by atoms with van der Waals surface area (Å²) in [5.74, 6) is -0.567. The fourth-order valence-electron chi connectivity index (χ4n) is 4.51. The van der Waals surface area contributed by atoms with E-state index in [4.69, 9.17) is 4.74 Å². The molecule has 5 rings (SSSR count). The standard InChI is InChI=1S/C28H26FN3O3/c1-35-23-12-13-32(17-23)16-18-2-9-22(10-3-18)30-15-26-25-14-20(19-4-7-21(29)8-5-19)6-11-24(25)27(33)31-28(26)34/h2-11,14-15,23H,12-13,16-17H2,1H3,(H2,31,33,34)/t23-/m1/s1. The molecule has 0 saturated carbocycles. The van der Waals surface area contributed by atoms with Crippen LogP contribution >= 0.6 is 0 Å². The van der Waals surface area contributed by atoms with Crippen molar-refractivity contribution in [3.8, 4) is 17.0 Å². The average Bonchev–Trinajstić information content (AvgIpc) is 3.32. The van der Waals surface area contributed by atoms with E-state index in [2.05, 4.69) is 14.9 Å². The number of likely N-dealkylation sites (tertiary alicyclic amines) is 1. The summed E-state index contributed by atoms with van der Waals surface area (Å²) >= 11 is 0. The van der Waals surface area contributed by atoms with Gasteiger partial charge in [0.2, 0.25) is 5.88 Å². The summed E-state index contributed by atoms with van der Waals surface area (Å²) in [5, 5.41) is 11.5. The van der Waals surface area contributed by atoms with Crippen LogP contribution in [0.1, 0.15) is 17.5 Å². The predicted octanol–water partition coefficient (Wildman–Crippen LogP) is 5.01. The van der Waals surface area contributed by atoms with Crippen LogP contribution in [0.3, 0.4) is 0 Å². The Labute approximate surface area is 202 Å². The van der Waals surface area contributed by atoms with Crippen LogP contribution in [0, 0.1) is 5.82 Å². The predicted molar refractivity (Wildman–Crippen MR) is 136 cm³/mol. The smallest absolute Gasteiger partial charge is 0.258 e. The molecule has 7 heteroatoms. The summed E-state index contributed by atoms with van der Waals surface area (Å²) in [6, 6.07) is 19.4. The maximum Gasteiger partial charge on any atom is 0.258 e. The minimum absolute atomic E-state index is 0.249. The van der Waals surface area contributed by atoms with E-state index in [0.717, 1.165) is 42.9 Å². The number of benzene rings is 3. The number of H-pyrrole nitrogens is 1. The molecule has 0 bridgehead atoms. The van der Waals surface area contributed by atoms with Gasteiger partial charge in [0.25, 0.3) is 5.56 Å². The lowest BCUT2D eigenvalue weighted by atomic mass is 9.99. The Morgan fingerprint density at radius 2 is 1.83 bits per heavy atom. The van der Waals surface area contributed by atoms with Crippen LogP contribution in [0.25, 0.3) is 21.9 Å². The summed E-state index contributed by atoms with van der Waals surface area (Å²) in [6.45, 7) is 2.83. The van der Waals surface area contributed by atoms with E-state index in [9.17, 15) is 14.3 Å². The van der Waals surface area contributed by atoms with Crippen LogP contribution < -0.4 is 5.56 Å². The number of methoxy groups -OCH3 is 1. The van der Waals surface area contributed by atoms with Crippen molar-refractivity contribution in [3.05, 3.63) is 94.0 Å². The minimum atomic E-state index is -0.387. The molecule has 35 heavy (non-hydrogen) atoms. The van der Waals surface area contributed by atoms with Gasteiger partial charge in [-0.15, -0.1) is 0 Å². The number of ether oxygens (including phenoxy) is 1. The van der Waals surface area contributed by atoms with Gasteiger partial charge >= 0.3 is 0 Å². The van der Waals surface area contributed by atoms with Crippen molar-refractivity contribution >= 4 is 22.7 Å². The first-order valence-electron chi connectivity index (χ1n) is 11.5. The molecule has 178 valence electrons. The molecule has 0 spiro atoms. The van der Waals surface area contributed by atoms with Crippen LogP contribution in [0.15, 0.2) is 76.5 Å². The van der Waals surface area contributed by atoms with E-state index < -0.39 is 0 Å². The zero-order chi connectivity index (χ0) is 24.4.